The molecule has 31 heavy (non-hydrogen) atoms. The van der Waals surface area contributed by atoms with Crippen molar-refractivity contribution in [3.05, 3.63) is 64.5 Å². The Hall–Kier alpha value is -3.52. The molecule has 162 valence electrons. The van der Waals surface area contributed by atoms with Crippen LogP contribution < -0.4 is 15.8 Å². The van der Waals surface area contributed by atoms with Crippen LogP contribution in [0.2, 0.25) is 0 Å². The van der Waals surface area contributed by atoms with Gasteiger partial charge in [0.1, 0.15) is 11.3 Å². The van der Waals surface area contributed by atoms with E-state index < -0.39 is 11.7 Å². The molecule has 1 saturated heterocycles. The second-order valence-corrected chi connectivity index (χ2v) is 7.40. The number of rotatable bonds is 5. The van der Waals surface area contributed by atoms with E-state index in [9.17, 15) is 14.7 Å². The molecule has 0 bridgehead atoms. The van der Waals surface area contributed by atoms with Crippen molar-refractivity contribution in [3.63, 3.8) is 0 Å². The number of phenolic OH excluding ortho intramolecular Hbond substituents is 1. The van der Waals surface area contributed by atoms with E-state index in [1.165, 1.54) is 6.07 Å². The molecule has 1 fully saturated rings. The number of ether oxygens (including phenoxy) is 1. The summed E-state index contributed by atoms with van der Waals surface area (Å²) in [4.78, 5) is 28.2. The number of amides is 1. The molecule has 2 aromatic carbocycles. The highest BCUT2D eigenvalue weighted by Gasteiger charge is 2.20. The first-order chi connectivity index (χ1) is 15.0. The second-order valence-electron chi connectivity index (χ2n) is 7.40. The first-order valence-corrected chi connectivity index (χ1v) is 10.3. The number of phenols is 1. The van der Waals surface area contributed by atoms with Crippen molar-refractivity contribution >= 4 is 28.4 Å². The Morgan fingerprint density at radius 2 is 1.90 bits per heavy atom. The number of benzene rings is 2. The topological polar surface area (TPSA) is 95.3 Å². The fraction of sp³-hybridized carbons (Fsp3) is 0.304. The van der Waals surface area contributed by atoms with Gasteiger partial charge in [-0.2, -0.15) is 0 Å². The largest absolute Gasteiger partial charge is 0.506 e. The zero-order valence-corrected chi connectivity index (χ0v) is 17.3. The van der Waals surface area contributed by atoms with Crippen LogP contribution in [0.15, 0.2) is 57.7 Å². The monoisotopic (exact) mass is 423 g/mol. The molecule has 0 spiro atoms. The molecule has 0 saturated carbocycles. The molecule has 3 aromatic rings. The van der Waals surface area contributed by atoms with Crippen molar-refractivity contribution in [2.45, 2.75) is 13.5 Å². The second kappa shape index (κ2) is 9.09. The van der Waals surface area contributed by atoms with Gasteiger partial charge in [-0.15, -0.1) is 0 Å². The van der Waals surface area contributed by atoms with Crippen molar-refractivity contribution < 1.29 is 19.1 Å². The van der Waals surface area contributed by atoms with E-state index in [0.717, 1.165) is 42.8 Å². The molecule has 4 rings (SSSR count). The van der Waals surface area contributed by atoms with Crippen LogP contribution in [0.3, 0.4) is 0 Å². The molecule has 0 atom stereocenters. The van der Waals surface area contributed by atoms with Gasteiger partial charge in [0.2, 0.25) is 0 Å². The summed E-state index contributed by atoms with van der Waals surface area (Å²) in [5, 5.41) is 13.5. The minimum Gasteiger partial charge on any atom is -0.506 e. The molecule has 0 aliphatic carbocycles. The van der Waals surface area contributed by atoms with E-state index in [1.807, 2.05) is 24.3 Å². The molecule has 0 radical (unpaired) electrons. The number of nitrogens with zero attached hydrogens (tertiary/aromatic N) is 2. The maximum Gasteiger partial charge on any atom is 0.411 e. The van der Waals surface area contributed by atoms with Crippen molar-refractivity contribution in [2.75, 3.05) is 43.0 Å². The molecule has 0 unspecified atom stereocenters. The highest BCUT2D eigenvalue weighted by Crippen LogP contribution is 2.28. The van der Waals surface area contributed by atoms with Crippen LogP contribution in [0.5, 0.6) is 5.75 Å². The number of para-hydroxylation sites is 2. The maximum absolute atomic E-state index is 12.1. The zero-order chi connectivity index (χ0) is 21.8. The molecule has 1 aromatic heterocycles. The molecular formula is C23H25N3O5. The number of aromatic hydroxyl groups is 1. The highest BCUT2D eigenvalue weighted by atomic mass is 16.5. The number of piperazine rings is 1. The maximum atomic E-state index is 12.1. The van der Waals surface area contributed by atoms with Crippen LogP contribution in [0, 0.1) is 0 Å². The third kappa shape index (κ3) is 4.80. The Morgan fingerprint density at radius 1 is 1.13 bits per heavy atom. The third-order valence-corrected chi connectivity index (χ3v) is 5.34. The Balaban J connectivity index is 1.48. The lowest BCUT2D eigenvalue weighted by Gasteiger charge is -2.36. The molecule has 1 aliphatic heterocycles. The van der Waals surface area contributed by atoms with Crippen LogP contribution in [0.25, 0.3) is 11.0 Å². The predicted octanol–water partition coefficient (Wildman–Crippen LogP) is 3.39. The van der Waals surface area contributed by atoms with E-state index in [2.05, 4.69) is 15.1 Å². The number of hydrogen-bond donors (Lipinski definition) is 2. The van der Waals surface area contributed by atoms with Crippen LogP contribution >= 0.6 is 0 Å². The van der Waals surface area contributed by atoms with Crippen molar-refractivity contribution in [2.24, 2.45) is 0 Å². The third-order valence-electron chi connectivity index (χ3n) is 5.34. The highest BCUT2D eigenvalue weighted by molar-refractivity contribution is 5.90. The predicted molar refractivity (Wildman–Crippen MR) is 119 cm³/mol. The lowest BCUT2D eigenvalue weighted by atomic mass is 10.1. The van der Waals surface area contributed by atoms with Gasteiger partial charge in [0, 0.05) is 55.9 Å². The molecule has 2 heterocycles. The van der Waals surface area contributed by atoms with Gasteiger partial charge < -0.3 is 19.2 Å². The molecular weight excluding hydrogens is 398 g/mol. The molecule has 8 nitrogen and oxygen atoms in total. The van der Waals surface area contributed by atoms with Gasteiger partial charge in [-0.25, -0.2) is 9.59 Å². The minimum atomic E-state index is -0.553. The van der Waals surface area contributed by atoms with Crippen LogP contribution in [-0.4, -0.2) is 48.9 Å². The summed E-state index contributed by atoms with van der Waals surface area (Å²) in [6, 6.07) is 14.1. The molecule has 1 aliphatic rings. The number of carbonyl (C=O) groups excluding carboxylic acids is 1. The number of anilines is 2. The van der Waals surface area contributed by atoms with Crippen molar-refractivity contribution in [1.82, 2.24) is 4.90 Å². The lowest BCUT2D eigenvalue weighted by molar-refractivity contribution is 0.168. The van der Waals surface area contributed by atoms with Gasteiger partial charge in [-0.05, 0) is 36.8 Å². The summed E-state index contributed by atoms with van der Waals surface area (Å²) in [7, 11) is 0. The minimum absolute atomic E-state index is 0.274. The molecule has 8 heteroatoms. The summed E-state index contributed by atoms with van der Waals surface area (Å²) < 4.78 is 10.2. The van der Waals surface area contributed by atoms with E-state index in [0.29, 0.717) is 17.8 Å². The number of nitrogens with one attached hydrogen (secondary N) is 1. The van der Waals surface area contributed by atoms with Gasteiger partial charge in [-0.3, -0.25) is 10.2 Å². The SMILES string of the molecule is CCOC(=O)Nc1ccc2c(CN3CCN(c4ccccc4O)CC3)cc(=O)oc2c1. The van der Waals surface area contributed by atoms with E-state index >= 15 is 0 Å². The molecule has 1 amide bonds. The van der Waals surface area contributed by atoms with Gasteiger partial charge in [0.15, 0.2) is 0 Å². The smallest absolute Gasteiger partial charge is 0.411 e. The fourth-order valence-corrected chi connectivity index (χ4v) is 3.84. The van der Waals surface area contributed by atoms with Crippen LogP contribution in [0.4, 0.5) is 16.2 Å². The summed E-state index contributed by atoms with van der Waals surface area (Å²) >= 11 is 0. The first kappa shape index (κ1) is 20.7. The normalized spacial score (nSPS) is 14.5. The van der Waals surface area contributed by atoms with Gasteiger partial charge in [0.25, 0.3) is 0 Å². The Kier molecular flexibility index (Phi) is 6.08. The van der Waals surface area contributed by atoms with E-state index in [1.54, 1.807) is 25.1 Å². The summed E-state index contributed by atoms with van der Waals surface area (Å²) in [5.74, 6) is 0.287. The first-order valence-electron chi connectivity index (χ1n) is 10.3. The summed E-state index contributed by atoms with van der Waals surface area (Å²) in [6.45, 7) is 5.79. The number of fused-ring (bicyclic) bond motifs is 1. The van der Waals surface area contributed by atoms with Crippen LogP contribution in [-0.2, 0) is 11.3 Å². The van der Waals surface area contributed by atoms with Crippen LogP contribution in [0.1, 0.15) is 12.5 Å². The Labute approximate surface area is 179 Å². The Bertz CT molecular complexity index is 1140. The molecule has 2 N–H and O–H groups in total. The number of carbonyl (C=O) groups is 1. The van der Waals surface area contributed by atoms with Gasteiger partial charge in [-0.1, -0.05) is 12.1 Å². The average Bonchev–Trinajstić information content (AvgIpc) is 2.74. The fourth-order valence-electron chi connectivity index (χ4n) is 3.84. The number of hydrogen-bond acceptors (Lipinski definition) is 7. The van der Waals surface area contributed by atoms with Gasteiger partial charge >= 0.3 is 11.7 Å². The van der Waals surface area contributed by atoms with Gasteiger partial charge in [0.05, 0.1) is 12.3 Å². The standard InChI is InChI=1S/C23H25N3O5/c1-2-30-23(29)24-17-7-8-18-16(13-22(28)31-21(18)14-17)15-25-9-11-26(12-10-25)19-5-3-4-6-20(19)27/h3-8,13-14,27H,2,9-12,15H2,1H3,(H,24,29). The lowest BCUT2D eigenvalue weighted by Crippen LogP contribution is -2.46. The van der Waals surface area contributed by atoms with Crippen molar-refractivity contribution in [1.29, 1.82) is 0 Å². The van der Waals surface area contributed by atoms with Crippen molar-refractivity contribution in [3.8, 4) is 5.75 Å². The van der Waals surface area contributed by atoms with E-state index in [4.69, 9.17) is 9.15 Å². The van der Waals surface area contributed by atoms with E-state index in [-0.39, 0.29) is 12.4 Å². The summed E-state index contributed by atoms with van der Waals surface area (Å²) in [5.41, 5.74) is 2.22. The average molecular weight is 423 g/mol. The zero-order valence-electron chi connectivity index (χ0n) is 17.3. The Morgan fingerprint density at radius 3 is 2.65 bits per heavy atom. The summed E-state index contributed by atoms with van der Waals surface area (Å²) in [6.07, 6.45) is -0.553. The quantitative estimate of drug-likeness (QED) is 0.608.